The molecule has 2 aliphatic rings. The van der Waals surface area contributed by atoms with Crippen LogP contribution in [0.3, 0.4) is 0 Å². The highest BCUT2D eigenvalue weighted by Crippen LogP contribution is 2.45. The molecule has 0 aromatic carbocycles. The maximum atomic E-state index is 10.6. The summed E-state index contributed by atoms with van der Waals surface area (Å²) in [5, 5.41) is 22.1. The van der Waals surface area contributed by atoms with E-state index in [4.69, 9.17) is 5.11 Å². The first kappa shape index (κ1) is 9.93. The van der Waals surface area contributed by atoms with E-state index in [9.17, 15) is 9.90 Å². The second-order valence-corrected chi connectivity index (χ2v) is 4.57. The molecular weight excluding hydrogens is 182 g/mol. The number of carbonyl (C=O) groups is 1. The molecule has 0 aromatic rings. The van der Waals surface area contributed by atoms with Crippen LogP contribution in [0.2, 0.25) is 0 Å². The Balaban J connectivity index is 1.89. The van der Waals surface area contributed by atoms with E-state index in [0.29, 0.717) is 18.8 Å². The summed E-state index contributed by atoms with van der Waals surface area (Å²) in [6.07, 6.45) is 2.85. The Morgan fingerprint density at radius 3 is 2.36 bits per heavy atom. The zero-order valence-corrected chi connectivity index (χ0v) is 8.20. The van der Waals surface area contributed by atoms with E-state index in [0.717, 1.165) is 25.9 Å². The van der Waals surface area contributed by atoms with E-state index in [1.807, 2.05) is 0 Å². The van der Waals surface area contributed by atoms with Crippen molar-refractivity contribution in [3.8, 4) is 0 Å². The van der Waals surface area contributed by atoms with Crippen LogP contribution in [0.4, 0.5) is 0 Å². The molecular formula is C10H17NO3. The lowest BCUT2D eigenvalue weighted by atomic mass is 9.62. The minimum Gasteiger partial charge on any atom is -0.481 e. The summed E-state index contributed by atoms with van der Waals surface area (Å²) >= 11 is 0. The molecule has 4 heteroatoms. The summed E-state index contributed by atoms with van der Waals surface area (Å²) in [4.78, 5) is 10.6. The van der Waals surface area contributed by atoms with Gasteiger partial charge in [0.25, 0.3) is 0 Å². The number of hydrogen-bond acceptors (Lipinski definition) is 3. The Hall–Kier alpha value is -0.610. The first-order chi connectivity index (χ1) is 6.62. The van der Waals surface area contributed by atoms with Crippen molar-refractivity contribution in [2.75, 3.05) is 13.1 Å². The van der Waals surface area contributed by atoms with Gasteiger partial charge in [0, 0.05) is 0 Å². The number of carboxylic acid groups (broad SMARTS) is 1. The van der Waals surface area contributed by atoms with Crippen LogP contribution in [0.15, 0.2) is 0 Å². The van der Waals surface area contributed by atoms with Crippen molar-refractivity contribution in [3.63, 3.8) is 0 Å². The number of aliphatic hydroxyl groups is 1. The lowest BCUT2D eigenvalue weighted by molar-refractivity contribution is -0.168. The minimum absolute atomic E-state index is 0.305. The highest BCUT2D eigenvalue weighted by molar-refractivity contribution is 5.71. The van der Waals surface area contributed by atoms with Crippen LogP contribution >= 0.6 is 0 Å². The topological polar surface area (TPSA) is 69.6 Å². The van der Waals surface area contributed by atoms with E-state index in [1.165, 1.54) is 0 Å². The average Bonchev–Trinajstić information content (AvgIpc) is 2.14. The van der Waals surface area contributed by atoms with Crippen molar-refractivity contribution in [2.45, 2.75) is 31.3 Å². The third-order valence-corrected chi connectivity index (χ3v) is 3.65. The molecule has 2 fully saturated rings. The van der Waals surface area contributed by atoms with Crippen LogP contribution in [0.25, 0.3) is 0 Å². The molecule has 4 nitrogen and oxygen atoms in total. The normalized spacial score (nSPS) is 39.1. The van der Waals surface area contributed by atoms with Gasteiger partial charge in [-0.1, -0.05) is 0 Å². The van der Waals surface area contributed by atoms with Crippen molar-refractivity contribution < 1.29 is 15.0 Å². The van der Waals surface area contributed by atoms with Gasteiger partial charge in [0.2, 0.25) is 0 Å². The molecule has 3 N–H and O–H groups in total. The van der Waals surface area contributed by atoms with Crippen LogP contribution in [-0.2, 0) is 4.79 Å². The molecule has 0 spiro atoms. The fraction of sp³-hybridized carbons (Fsp3) is 0.900. The highest BCUT2D eigenvalue weighted by Gasteiger charge is 2.50. The van der Waals surface area contributed by atoms with Crippen LogP contribution in [0.5, 0.6) is 0 Å². The van der Waals surface area contributed by atoms with Crippen LogP contribution in [0.1, 0.15) is 25.7 Å². The van der Waals surface area contributed by atoms with Gasteiger partial charge in [0.05, 0.1) is 11.5 Å². The van der Waals surface area contributed by atoms with Gasteiger partial charge in [-0.25, -0.2) is 0 Å². The molecule has 80 valence electrons. The second kappa shape index (κ2) is 3.51. The van der Waals surface area contributed by atoms with Gasteiger partial charge in [-0.05, 0) is 44.7 Å². The Kier molecular flexibility index (Phi) is 2.49. The SMILES string of the molecule is O=C(O)C1CC(O)(C2CCNCC2)C1. The molecule has 1 saturated carbocycles. The zero-order chi connectivity index (χ0) is 10.2. The van der Waals surface area contributed by atoms with Gasteiger partial charge in [-0.2, -0.15) is 0 Å². The summed E-state index contributed by atoms with van der Waals surface area (Å²) in [6, 6.07) is 0. The van der Waals surface area contributed by atoms with E-state index in [2.05, 4.69) is 5.32 Å². The molecule has 0 atom stereocenters. The predicted molar refractivity (Wildman–Crippen MR) is 50.9 cm³/mol. The number of rotatable bonds is 2. The van der Waals surface area contributed by atoms with E-state index in [1.54, 1.807) is 0 Å². The minimum atomic E-state index is -0.761. The molecule has 0 amide bonds. The molecule has 14 heavy (non-hydrogen) atoms. The monoisotopic (exact) mass is 199 g/mol. The largest absolute Gasteiger partial charge is 0.481 e. The number of piperidine rings is 1. The van der Waals surface area contributed by atoms with Gasteiger partial charge in [-0.15, -0.1) is 0 Å². The van der Waals surface area contributed by atoms with Gasteiger partial charge in [0.1, 0.15) is 0 Å². The van der Waals surface area contributed by atoms with Crippen LogP contribution in [-0.4, -0.2) is 34.9 Å². The van der Waals surface area contributed by atoms with Crippen molar-refractivity contribution >= 4 is 5.97 Å². The molecule has 0 bridgehead atoms. The summed E-state index contributed by atoms with van der Waals surface area (Å²) in [6.45, 7) is 1.90. The molecule has 0 unspecified atom stereocenters. The standard InChI is InChI=1S/C10H17NO3/c12-9(13)7-5-10(14,6-7)8-1-3-11-4-2-8/h7-8,11,14H,1-6H2,(H,12,13). The number of carboxylic acids is 1. The summed E-state index contributed by atoms with van der Waals surface area (Å²) in [5.41, 5.74) is -0.675. The maximum absolute atomic E-state index is 10.6. The Morgan fingerprint density at radius 1 is 1.29 bits per heavy atom. The smallest absolute Gasteiger partial charge is 0.306 e. The van der Waals surface area contributed by atoms with Crippen molar-refractivity contribution in [1.29, 1.82) is 0 Å². The highest BCUT2D eigenvalue weighted by atomic mass is 16.4. The molecule has 0 aromatic heterocycles. The Bertz CT molecular complexity index is 230. The van der Waals surface area contributed by atoms with E-state index >= 15 is 0 Å². The summed E-state index contributed by atoms with van der Waals surface area (Å²) < 4.78 is 0. The van der Waals surface area contributed by atoms with Crippen molar-refractivity contribution in [3.05, 3.63) is 0 Å². The first-order valence-electron chi connectivity index (χ1n) is 5.28. The van der Waals surface area contributed by atoms with E-state index in [-0.39, 0.29) is 5.92 Å². The fourth-order valence-electron chi connectivity index (χ4n) is 2.66. The molecule has 0 radical (unpaired) electrons. The van der Waals surface area contributed by atoms with Gasteiger partial charge in [0.15, 0.2) is 0 Å². The molecule has 2 rings (SSSR count). The summed E-state index contributed by atoms with van der Waals surface area (Å²) in [5.74, 6) is -0.766. The summed E-state index contributed by atoms with van der Waals surface area (Å²) in [7, 11) is 0. The third kappa shape index (κ3) is 1.64. The lowest BCUT2D eigenvalue weighted by Crippen LogP contribution is -2.54. The third-order valence-electron chi connectivity index (χ3n) is 3.65. The fourth-order valence-corrected chi connectivity index (χ4v) is 2.66. The number of hydrogen-bond donors (Lipinski definition) is 3. The zero-order valence-electron chi connectivity index (χ0n) is 8.20. The maximum Gasteiger partial charge on any atom is 0.306 e. The first-order valence-corrected chi connectivity index (χ1v) is 5.28. The van der Waals surface area contributed by atoms with Crippen LogP contribution in [0, 0.1) is 11.8 Å². The van der Waals surface area contributed by atoms with Gasteiger partial charge < -0.3 is 15.5 Å². The Labute approximate surface area is 83.3 Å². The number of nitrogens with one attached hydrogen (secondary N) is 1. The molecule has 1 aliphatic heterocycles. The quantitative estimate of drug-likeness (QED) is 0.594. The van der Waals surface area contributed by atoms with E-state index < -0.39 is 11.6 Å². The number of aliphatic carboxylic acids is 1. The van der Waals surface area contributed by atoms with Crippen molar-refractivity contribution in [2.24, 2.45) is 11.8 Å². The lowest BCUT2D eigenvalue weighted by Gasteiger charge is -2.48. The molecule has 1 aliphatic carbocycles. The van der Waals surface area contributed by atoms with Gasteiger partial charge in [-0.3, -0.25) is 4.79 Å². The molecule has 1 saturated heterocycles. The van der Waals surface area contributed by atoms with Crippen LogP contribution < -0.4 is 5.32 Å². The Morgan fingerprint density at radius 2 is 1.86 bits per heavy atom. The average molecular weight is 199 g/mol. The molecule has 1 heterocycles. The second-order valence-electron chi connectivity index (χ2n) is 4.57. The van der Waals surface area contributed by atoms with Gasteiger partial charge >= 0.3 is 5.97 Å². The van der Waals surface area contributed by atoms with Crippen molar-refractivity contribution in [1.82, 2.24) is 5.32 Å². The predicted octanol–water partition coefficient (Wildman–Crippen LogP) is 0.212.